The summed E-state index contributed by atoms with van der Waals surface area (Å²) in [7, 11) is 0. The summed E-state index contributed by atoms with van der Waals surface area (Å²) in [5.74, 6) is -0.202. The van der Waals surface area contributed by atoms with Crippen LogP contribution >= 0.6 is 0 Å². The highest BCUT2D eigenvalue weighted by atomic mass is 16.3. The number of hydrogen-bond donors (Lipinski definition) is 2. The van der Waals surface area contributed by atoms with Gasteiger partial charge in [-0.1, -0.05) is 23.8 Å². The molecular weight excluding hydrogens is 254 g/mol. The van der Waals surface area contributed by atoms with Crippen molar-refractivity contribution in [3.05, 3.63) is 59.2 Å². The third-order valence-corrected chi connectivity index (χ3v) is 2.85. The molecule has 0 amide bonds. The van der Waals surface area contributed by atoms with Crippen molar-refractivity contribution in [2.45, 2.75) is 6.92 Å². The SMILES string of the molecule is Cc1ccc(O)c(C=NCC(=O)c2ccccc2O)c1. The Bertz CT molecular complexity index is 663. The molecule has 0 aliphatic carbocycles. The quantitative estimate of drug-likeness (QED) is 0.662. The number of benzene rings is 2. The summed E-state index contributed by atoms with van der Waals surface area (Å²) in [5, 5.41) is 19.2. The lowest BCUT2D eigenvalue weighted by molar-refractivity contribution is 0.0999. The molecule has 2 rings (SSSR count). The Morgan fingerprint density at radius 2 is 1.90 bits per heavy atom. The maximum atomic E-state index is 11.9. The molecule has 0 atom stereocenters. The zero-order chi connectivity index (χ0) is 14.5. The molecule has 0 fully saturated rings. The number of phenols is 2. The summed E-state index contributed by atoms with van der Waals surface area (Å²) in [4.78, 5) is 15.9. The van der Waals surface area contributed by atoms with E-state index in [2.05, 4.69) is 4.99 Å². The van der Waals surface area contributed by atoms with Crippen molar-refractivity contribution in [3.63, 3.8) is 0 Å². The normalized spacial score (nSPS) is 10.8. The monoisotopic (exact) mass is 269 g/mol. The van der Waals surface area contributed by atoms with E-state index in [1.165, 1.54) is 12.3 Å². The number of nitrogens with zero attached hydrogens (tertiary/aromatic N) is 1. The first-order chi connectivity index (χ1) is 9.58. The van der Waals surface area contributed by atoms with Gasteiger partial charge in [-0.05, 0) is 31.2 Å². The number of rotatable bonds is 4. The molecular formula is C16H15NO3. The molecule has 0 spiro atoms. The fourth-order valence-corrected chi connectivity index (χ4v) is 1.80. The van der Waals surface area contributed by atoms with Crippen LogP contribution in [-0.4, -0.2) is 28.8 Å². The van der Waals surface area contributed by atoms with Crippen LogP contribution in [0.4, 0.5) is 0 Å². The van der Waals surface area contributed by atoms with Crippen LogP contribution in [0.2, 0.25) is 0 Å². The van der Waals surface area contributed by atoms with Crippen LogP contribution in [0.25, 0.3) is 0 Å². The van der Waals surface area contributed by atoms with Crippen molar-refractivity contribution in [1.82, 2.24) is 0 Å². The average Bonchev–Trinajstić information content (AvgIpc) is 2.43. The molecule has 2 N–H and O–H groups in total. The second kappa shape index (κ2) is 6.02. The molecule has 2 aromatic carbocycles. The van der Waals surface area contributed by atoms with Crippen molar-refractivity contribution in [3.8, 4) is 11.5 Å². The maximum Gasteiger partial charge on any atom is 0.187 e. The molecule has 0 aliphatic heterocycles. The van der Waals surface area contributed by atoms with Gasteiger partial charge in [0.05, 0.1) is 5.56 Å². The molecule has 20 heavy (non-hydrogen) atoms. The van der Waals surface area contributed by atoms with Gasteiger partial charge in [0.2, 0.25) is 0 Å². The van der Waals surface area contributed by atoms with Crippen molar-refractivity contribution < 1.29 is 15.0 Å². The van der Waals surface area contributed by atoms with E-state index >= 15 is 0 Å². The number of aryl methyl sites for hydroxylation is 1. The van der Waals surface area contributed by atoms with E-state index in [9.17, 15) is 15.0 Å². The molecule has 102 valence electrons. The van der Waals surface area contributed by atoms with Crippen LogP contribution < -0.4 is 0 Å². The van der Waals surface area contributed by atoms with Crippen LogP contribution in [0.3, 0.4) is 0 Å². The minimum atomic E-state index is -0.272. The van der Waals surface area contributed by atoms with Gasteiger partial charge in [-0.25, -0.2) is 0 Å². The predicted molar refractivity (Wildman–Crippen MR) is 77.7 cm³/mol. The lowest BCUT2D eigenvalue weighted by atomic mass is 10.1. The lowest BCUT2D eigenvalue weighted by Gasteiger charge is -2.01. The van der Waals surface area contributed by atoms with Gasteiger partial charge in [0.15, 0.2) is 5.78 Å². The molecule has 4 nitrogen and oxygen atoms in total. The Labute approximate surface area is 117 Å². The van der Waals surface area contributed by atoms with Gasteiger partial charge in [-0.15, -0.1) is 0 Å². The standard InChI is InChI=1S/C16H15NO3/c1-11-6-7-14(18)12(8-11)9-17-10-16(20)13-4-2-3-5-15(13)19/h2-9,18-19H,10H2,1H3. The van der Waals surface area contributed by atoms with E-state index in [4.69, 9.17) is 0 Å². The zero-order valence-corrected chi connectivity index (χ0v) is 11.1. The number of para-hydroxylation sites is 1. The number of hydrogen-bond acceptors (Lipinski definition) is 4. The fourth-order valence-electron chi connectivity index (χ4n) is 1.80. The maximum absolute atomic E-state index is 11.9. The molecule has 0 unspecified atom stereocenters. The van der Waals surface area contributed by atoms with Crippen LogP contribution in [0.15, 0.2) is 47.5 Å². The van der Waals surface area contributed by atoms with Gasteiger partial charge in [0.25, 0.3) is 0 Å². The van der Waals surface area contributed by atoms with Crippen LogP contribution in [0.5, 0.6) is 11.5 Å². The van der Waals surface area contributed by atoms with Crippen LogP contribution in [0.1, 0.15) is 21.5 Å². The molecule has 0 heterocycles. The van der Waals surface area contributed by atoms with Crippen LogP contribution in [-0.2, 0) is 0 Å². The number of Topliss-reactive ketones (excluding diaryl/α,β-unsaturated/α-hetero) is 1. The summed E-state index contributed by atoms with van der Waals surface area (Å²) in [6.45, 7) is 1.83. The second-order valence-corrected chi connectivity index (χ2v) is 4.47. The van der Waals surface area contributed by atoms with E-state index in [1.54, 1.807) is 36.4 Å². The highest BCUT2D eigenvalue weighted by Gasteiger charge is 2.08. The summed E-state index contributed by atoms with van der Waals surface area (Å²) in [6, 6.07) is 11.5. The Morgan fingerprint density at radius 3 is 2.65 bits per heavy atom. The van der Waals surface area contributed by atoms with Crippen LogP contribution in [0, 0.1) is 6.92 Å². The van der Waals surface area contributed by atoms with Crippen molar-refractivity contribution in [2.75, 3.05) is 6.54 Å². The number of aliphatic imine (C=N–C) groups is 1. The fraction of sp³-hybridized carbons (Fsp3) is 0.125. The van der Waals surface area contributed by atoms with Gasteiger partial charge < -0.3 is 10.2 Å². The minimum Gasteiger partial charge on any atom is -0.507 e. The van der Waals surface area contributed by atoms with E-state index in [1.807, 2.05) is 6.92 Å². The van der Waals surface area contributed by atoms with E-state index in [0.29, 0.717) is 5.56 Å². The smallest absolute Gasteiger partial charge is 0.187 e. The number of carbonyl (C=O) groups is 1. The number of phenolic OH excluding ortho intramolecular Hbond substituents is 2. The molecule has 0 radical (unpaired) electrons. The molecule has 0 aliphatic rings. The molecule has 4 heteroatoms. The zero-order valence-electron chi connectivity index (χ0n) is 11.1. The first-order valence-electron chi connectivity index (χ1n) is 6.18. The molecule has 2 aromatic rings. The highest BCUT2D eigenvalue weighted by Crippen LogP contribution is 2.17. The third-order valence-electron chi connectivity index (χ3n) is 2.85. The predicted octanol–water partition coefficient (Wildman–Crippen LogP) is 2.71. The summed E-state index contributed by atoms with van der Waals surface area (Å²) >= 11 is 0. The summed E-state index contributed by atoms with van der Waals surface area (Å²) in [5.41, 5.74) is 1.81. The summed E-state index contributed by atoms with van der Waals surface area (Å²) in [6.07, 6.45) is 1.46. The Balaban J connectivity index is 2.09. The molecule has 0 aromatic heterocycles. The third kappa shape index (κ3) is 3.23. The average molecular weight is 269 g/mol. The first-order valence-corrected chi connectivity index (χ1v) is 6.18. The van der Waals surface area contributed by atoms with Gasteiger partial charge >= 0.3 is 0 Å². The minimum absolute atomic E-state index is 0.0499. The molecule has 0 saturated carbocycles. The Morgan fingerprint density at radius 1 is 1.15 bits per heavy atom. The second-order valence-electron chi connectivity index (χ2n) is 4.47. The van der Waals surface area contributed by atoms with E-state index in [0.717, 1.165) is 5.56 Å². The van der Waals surface area contributed by atoms with Gasteiger partial charge in [-0.3, -0.25) is 9.79 Å². The van der Waals surface area contributed by atoms with Crippen molar-refractivity contribution >= 4 is 12.0 Å². The number of carbonyl (C=O) groups excluding carboxylic acids is 1. The topological polar surface area (TPSA) is 69.9 Å². The molecule has 0 saturated heterocycles. The van der Waals surface area contributed by atoms with E-state index < -0.39 is 0 Å². The lowest BCUT2D eigenvalue weighted by Crippen LogP contribution is -2.03. The van der Waals surface area contributed by atoms with Crippen molar-refractivity contribution in [2.24, 2.45) is 4.99 Å². The van der Waals surface area contributed by atoms with Crippen molar-refractivity contribution in [1.29, 1.82) is 0 Å². The number of ketones is 1. The van der Waals surface area contributed by atoms with Gasteiger partial charge in [0.1, 0.15) is 18.0 Å². The Kier molecular flexibility index (Phi) is 4.15. The Hall–Kier alpha value is -2.62. The molecule has 0 bridgehead atoms. The van der Waals surface area contributed by atoms with Gasteiger partial charge in [0, 0.05) is 11.8 Å². The largest absolute Gasteiger partial charge is 0.507 e. The number of aromatic hydroxyl groups is 2. The van der Waals surface area contributed by atoms with Gasteiger partial charge in [-0.2, -0.15) is 0 Å². The highest BCUT2D eigenvalue weighted by molar-refractivity contribution is 6.01. The first kappa shape index (κ1) is 13.8. The summed E-state index contributed by atoms with van der Waals surface area (Å²) < 4.78 is 0. The van der Waals surface area contributed by atoms with E-state index in [-0.39, 0.29) is 29.4 Å².